The van der Waals surface area contributed by atoms with Gasteiger partial charge in [0, 0.05) is 6.42 Å². The van der Waals surface area contributed by atoms with E-state index in [1.54, 1.807) is 6.08 Å². The Balaban J connectivity index is 3.02. The number of rotatable bonds is 6. The maximum Gasteiger partial charge on any atom is 0.324 e. The summed E-state index contributed by atoms with van der Waals surface area (Å²) in [6.45, 7) is 0. The minimum Gasteiger partial charge on any atom is -0.468 e. The molecule has 0 amide bonds. The van der Waals surface area contributed by atoms with Gasteiger partial charge >= 0.3 is 11.9 Å². The van der Waals surface area contributed by atoms with Crippen molar-refractivity contribution in [3.8, 4) is 12.3 Å². The smallest absolute Gasteiger partial charge is 0.324 e. The Bertz CT molecular complexity index is 536. The van der Waals surface area contributed by atoms with E-state index in [2.05, 4.69) is 5.92 Å². The van der Waals surface area contributed by atoms with Crippen molar-refractivity contribution >= 4 is 18.0 Å². The predicted molar refractivity (Wildman–Crippen MR) is 80.0 cm³/mol. The number of hydrogen-bond donors (Lipinski definition) is 0. The lowest BCUT2D eigenvalue weighted by Crippen LogP contribution is -2.40. The van der Waals surface area contributed by atoms with Gasteiger partial charge < -0.3 is 9.47 Å². The van der Waals surface area contributed by atoms with Crippen LogP contribution in [0.3, 0.4) is 0 Å². The van der Waals surface area contributed by atoms with Gasteiger partial charge in [-0.25, -0.2) is 0 Å². The van der Waals surface area contributed by atoms with Crippen molar-refractivity contribution in [2.45, 2.75) is 12.8 Å². The van der Waals surface area contributed by atoms with Crippen LogP contribution in [0.25, 0.3) is 6.08 Å². The zero-order chi connectivity index (χ0) is 15.7. The lowest BCUT2D eigenvalue weighted by atomic mass is 9.81. The summed E-state index contributed by atoms with van der Waals surface area (Å²) in [7, 11) is 2.44. The first-order valence-corrected chi connectivity index (χ1v) is 6.42. The van der Waals surface area contributed by atoms with Crippen molar-refractivity contribution in [1.29, 1.82) is 0 Å². The molecule has 0 heterocycles. The molecule has 1 rings (SSSR count). The molecule has 4 heteroatoms. The number of methoxy groups -OCH3 is 2. The summed E-state index contributed by atoms with van der Waals surface area (Å²) < 4.78 is 9.45. The van der Waals surface area contributed by atoms with E-state index in [0.29, 0.717) is 0 Å². The van der Waals surface area contributed by atoms with E-state index in [4.69, 9.17) is 15.9 Å². The fourth-order valence-corrected chi connectivity index (χ4v) is 1.99. The van der Waals surface area contributed by atoms with E-state index < -0.39 is 17.4 Å². The molecular weight excluding hydrogens is 268 g/mol. The largest absolute Gasteiger partial charge is 0.468 e. The molecule has 0 N–H and O–H groups in total. The average Bonchev–Trinajstić information content (AvgIpc) is 2.53. The van der Waals surface area contributed by atoms with Crippen LogP contribution in [0.4, 0.5) is 0 Å². The van der Waals surface area contributed by atoms with Crippen LogP contribution in [-0.2, 0) is 19.1 Å². The fraction of sp³-hybridized carbons (Fsp3) is 0.294. The first-order chi connectivity index (χ1) is 10.1. The van der Waals surface area contributed by atoms with Crippen LogP contribution in [-0.4, -0.2) is 26.2 Å². The van der Waals surface area contributed by atoms with E-state index in [0.717, 1.165) is 5.56 Å². The summed E-state index contributed by atoms with van der Waals surface area (Å²) in [5.74, 6) is 0.973. The summed E-state index contributed by atoms with van der Waals surface area (Å²) in [5.41, 5.74) is -0.536. The third kappa shape index (κ3) is 3.96. The Morgan fingerprint density at radius 2 is 1.76 bits per heavy atom. The second-order valence-corrected chi connectivity index (χ2v) is 4.46. The van der Waals surface area contributed by atoms with Gasteiger partial charge in [0.1, 0.15) is 0 Å². The van der Waals surface area contributed by atoms with Gasteiger partial charge in [0.05, 0.1) is 14.2 Å². The third-order valence-corrected chi connectivity index (χ3v) is 3.13. The predicted octanol–water partition coefficient (Wildman–Crippen LogP) is 2.45. The van der Waals surface area contributed by atoms with Crippen LogP contribution < -0.4 is 0 Å². The standard InChI is InChI=1S/C17H18O4/c1-4-12-17(15(18)20-2,16(19)21-3)13-8-11-14-9-6-5-7-10-14/h1,5-11H,12-13H2,2-3H3/b11-8-. The molecule has 0 aromatic heterocycles. The summed E-state index contributed by atoms with van der Waals surface area (Å²) in [6.07, 6.45) is 8.87. The van der Waals surface area contributed by atoms with Crippen molar-refractivity contribution in [2.24, 2.45) is 5.41 Å². The van der Waals surface area contributed by atoms with Crippen molar-refractivity contribution in [2.75, 3.05) is 14.2 Å². The molecule has 0 atom stereocenters. The SMILES string of the molecule is C#CCC(C/C=C\c1ccccc1)(C(=O)OC)C(=O)OC. The molecule has 1 aromatic rings. The molecule has 0 saturated heterocycles. The van der Waals surface area contributed by atoms with Gasteiger partial charge in [-0.05, 0) is 12.0 Å². The molecule has 0 bridgehead atoms. The van der Waals surface area contributed by atoms with Gasteiger partial charge in [0.15, 0.2) is 5.41 Å². The second kappa shape index (κ2) is 7.91. The van der Waals surface area contributed by atoms with Gasteiger partial charge in [-0.1, -0.05) is 42.5 Å². The number of esters is 2. The molecule has 0 aliphatic rings. The van der Waals surface area contributed by atoms with Gasteiger partial charge in [-0.15, -0.1) is 12.3 Å². The molecule has 0 radical (unpaired) electrons. The van der Waals surface area contributed by atoms with Crippen LogP contribution in [0.15, 0.2) is 36.4 Å². The number of allylic oxidation sites excluding steroid dienone is 1. The monoisotopic (exact) mass is 286 g/mol. The van der Waals surface area contributed by atoms with Crippen LogP contribution in [0, 0.1) is 17.8 Å². The topological polar surface area (TPSA) is 52.6 Å². The van der Waals surface area contributed by atoms with Crippen LogP contribution in [0.5, 0.6) is 0 Å². The maximum atomic E-state index is 12.0. The zero-order valence-electron chi connectivity index (χ0n) is 12.2. The van der Waals surface area contributed by atoms with Crippen LogP contribution in [0.1, 0.15) is 18.4 Å². The van der Waals surface area contributed by atoms with Crippen molar-refractivity contribution in [3.63, 3.8) is 0 Å². The summed E-state index contributed by atoms with van der Waals surface area (Å²) in [5, 5.41) is 0. The van der Waals surface area contributed by atoms with E-state index in [9.17, 15) is 9.59 Å². The molecule has 4 nitrogen and oxygen atoms in total. The second-order valence-electron chi connectivity index (χ2n) is 4.46. The highest BCUT2D eigenvalue weighted by molar-refractivity contribution is 6.00. The molecule has 0 fully saturated rings. The summed E-state index contributed by atoms with van der Waals surface area (Å²) in [6, 6.07) is 9.53. The highest BCUT2D eigenvalue weighted by atomic mass is 16.5. The number of ether oxygens (including phenoxy) is 2. The molecule has 0 unspecified atom stereocenters. The van der Waals surface area contributed by atoms with Crippen molar-refractivity contribution < 1.29 is 19.1 Å². The Kier molecular flexibility index (Phi) is 6.22. The van der Waals surface area contributed by atoms with Gasteiger partial charge in [0.25, 0.3) is 0 Å². The third-order valence-electron chi connectivity index (χ3n) is 3.13. The Hall–Kier alpha value is -2.54. The first kappa shape index (κ1) is 16.5. The lowest BCUT2D eigenvalue weighted by molar-refractivity contribution is -0.168. The normalized spacial score (nSPS) is 10.9. The average molecular weight is 286 g/mol. The van der Waals surface area contributed by atoms with E-state index in [-0.39, 0.29) is 12.8 Å². The molecule has 1 aromatic carbocycles. The minimum absolute atomic E-state index is 0.0779. The molecule has 0 aliphatic heterocycles. The van der Waals surface area contributed by atoms with E-state index in [1.165, 1.54) is 14.2 Å². The Labute approximate surface area is 124 Å². The van der Waals surface area contributed by atoms with Crippen LogP contribution >= 0.6 is 0 Å². The molecule has 21 heavy (non-hydrogen) atoms. The fourth-order valence-electron chi connectivity index (χ4n) is 1.99. The van der Waals surface area contributed by atoms with Crippen molar-refractivity contribution in [3.05, 3.63) is 42.0 Å². The minimum atomic E-state index is -1.50. The molecule has 0 spiro atoms. The highest BCUT2D eigenvalue weighted by Crippen LogP contribution is 2.31. The number of benzene rings is 1. The summed E-state index contributed by atoms with van der Waals surface area (Å²) in [4.78, 5) is 24.0. The molecule has 110 valence electrons. The lowest BCUT2D eigenvalue weighted by Gasteiger charge is -2.24. The molecule has 0 aliphatic carbocycles. The first-order valence-electron chi connectivity index (χ1n) is 6.42. The zero-order valence-corrected chi connectivity index (χ0v) is 12.2. The van der Waals surface area contributed by atoms with Gasteiger partial charge in [-0.2, -0.15) is 0 Å². The molecular formula is C17H18O4. The summed E-state index contributed by atoms with van der Waals surface area (Å²) >= 11 is 0. The Morgan fingerprint density at radius 1 is 1.19 bits per heavy atom. The quantitative estimate of drug-likeness (QED) is 0.458. The van der Waals surface area contributed by atoms with Crippen LogP contribution in [0.2, 0.25) is 0 Å². The van der Waals surface area contributed by atoms with Gasteiger partial charge in [0.2, 0.25) is 0 Å². The van der Waals surface area contributed by atoms with Gasteiger partial charge in [-0.3, -0.25) is 9.59 Å². The number of hydrogen-bond acceptors (Lipinski definition) is 4. The number of terminal acetylenes is 1. The highest BCUT2D eigenvalue weighted by Gasteiger charge is 2.46. The number of carbonyl (C=O) groups excluding carboxylic acids is 2. The van der Waals surface area contributed by atoms with E-state index >= 15 is 0 Å². The maximum absolute atomic E-state index is 12.0. The van der Waals surface area contributed by atoms with E-state index in [1.807, 2.05) is 36.4 Å². The Morgan fingerprint density at radius 3 is 2.24 bits per heavy atom. The van der Waals surface area contributed by atoms with Crippen molar-refractivity contribution in [1.82, 2.24) is 0 Å². The molecule has 0 saturated carbocycles. The number of carbonyl (C=O) groups is 2.